The molecule has 0 fully saturated rings. The summed E-state index contributed by atoms with van der Waals surface area (Å²) in [6.45, 7) is 2.59. The molecule has 270 valence electrons. The van der Waals surface area contributed by atoms with Crippen molar-refractivity contribution in [2.75, 3.05) is 25.5 Å². The Morgan fingerprint density at radius 1 is 0.679 bits per heavy atom. The van der Waals surface area contributed by atoms with Gasteiger partial charge < -0.3 is 15.1 Å². The number of rotatable bonds is 12. The van der Waals surface area contributed by atoms with Crippen LogP contribution >= 0.6 is 0 Å². The fraction of sp³-hybridized carbons (Fsp3) is 0.0606. The zero-order valence-corrected chi connectivity index (χ0v) is 29.3. The van der Waals surface area contributed by atoms with E-state index < -0.39 is 43.8 Å². The van der Waals surface area contributed by atoms with Crippen LogP contribution in [0.3, 0.4) is 0 Å². The lowest BCUT2D eigenvalue weighted by atomic mass is 10.2. The predicted octanol–water partition coefficient (Wildman–Crippen LogP) is 3.64. The molecule has 18 nitrogen and oxygen atoms in total. The lowest BCUT2D eigenvalue weighted by Gasteiger charge is -2.20. The normalized spacial score (nSPS) is 13.7. The van der Waals surface area contributed by atoms with E-state index in [0.29, 0.717) is 22.7 Å². The minimum absolute atomic E-state index is 0.0346. The van der Waals surface area contributed by atoms with Gasteiger partial charge in [-0.25, -0.2) is 31.3 Å². The molecule has 3 aromatic carbocycles. The van der Waals surface area contributed by atoms with Crippen LogP contribution in [0.1, 0.15) is 25.2 Å². The van der Waals surface area contributed by atoms with Crippen molar-refractivity contribution in [3.05, 3.63) is 114 Å². The number of hydrogen-bond donors (Lipinski definition) is 5. The van der Waals surface area contributed by atoms with Crippen LogP contribution in [0.4, 0.5) is 29.2 Å². The van der Waals surface area contributed by atoms with E-state index in [2.05, 4.69) is 45.4 Å². The minimum atomic E-state index is -4.41. The zero-order valence-electron chi connectivity index (χ0n) is 27.6. The number of anilines is 5. The molecule has 5 N–H and O–H groups in total. The predicted molar refractivity (Wildman–Crippen MR) is 193 cm³/mol. The standard InChI is InChI=1S/C33H28N10O8S2/c1-20(44)34-23-10-14-26(15-11-23)52(47,48)41-32-37-31(38-33(39-32)42-53(49,50)27-16-12-24(13-17-27)35-21(2)45)40-43-29(22-7-4-3-5-8-22)36-28(30(43)46)19-25-9-6-18-51-25/h3-19H,1-2H3,(H,34,44)(H,35,45)(H3,37,38,39,40,41,42). The van der Waals surface area contributed by atoms with Crippen molar-refractivity contribution < 1.29 is 35.6 Å². The van der Waals surface area contributed by atoms with Crippen LogP contribution in [0.5, 0.6) is 0 Å². The summed E-state index contributed by atoms with van der Waals surface area (Å²) in [5.74, 6) is -2.68. The Bertz CT molecular complexity index is 2360. The summed E-state index contributed by atoms with van der Waals surface area (Å²) in [6, 6.07) is 22.2. The molecule has 0 unspecified atom stereocenters. The van der Waals surface area contributed by atoms with E-state index in [0.717, 1.165) is 5.01 Å². The molecule has 3 amide bonds. The monoisotopic (exact) mass is 756 g/mol. The van der Waals surface area contributed by atoms with Gasteiger partial charge in [0.2, 0.25) is 29.7 Å². The molecule has 0 bridgehead atoms. The van der Waals surface area contributed by atoms with Crippen LogP contribution in [-0.2, 0) is 34.4 Å². The topological polar surface area (TPSA) is 247 Å². The van der Waals surface area contributed by atoms with Gasteiger partial charge in [-0.2, -0.15) is 20.0 Å². The highest BCUT2D eigenvalue weighted by Gasteiger charge is 2.33. The second kappa shape index (κ2) is 14.7. The maximum Gasteiger partial charge on any atom is 0.297 e. The quantitative estimate of drug-likeness (QED) is 0.115. The number of carbonyl (C=O) groups excluding carboxylic acids is 3. The summed E-state index contributed by atoms with van der Waals surface area (Å²) in [5, 5.41) is 6.06. The van der Waals surface area contributed by atoms with Gasteiger partial charge in [-0.05, 0) is 60.7 Å². The maximum atomic E-state index is 13.7. The summed E-state index contributed by atoms with van der Waals surface area (Å²) >= 11 is 0. The van der Waals surface area contributed by atoms with Crippen LogP contribution < -0.4 is 25.5 Å². The van der Waals surface area contributed by atoms with E-state index >= 15 is 0 Å². The van der Waals surface area contributed by atoms with Crippen molar-refractivity contribution >= 4 is 78.9 Å². The average molecular weight is 757 g/mol. The molecule has 2 aromatic heterocycles. The third-order valence-corrected chi connectivity index (χ3v) is 9.67. The Balaban J connectivity index is 1.37. The number of amides is 3. The van der Waals surface area contributed by atoms with Crippen LogP contribution in [0.15, 0.2) is 122 Å². The first-order valence-corrected chi connectivity index (χ1v) is 18.3. The molecule has 1 aliphatic heterocycles. The molecular weight excluding hydrogens is 729 g/mol. The SMILES string of the molecule is CC(=O)Nc1ccc(S(=O)(=O)Nc2nc(NN3C(=O)C(=Cc4ccco4)N=C3c3ccccc3)nc(NS(=O)(=O)c3ccc(NC(C)=O)cc3)n2)cc1. The third kappa shape index (κ3) is 8.69. The number of nitrogens with zero attached hydrogens (tertiary/aromatic N) is 5. The highest BCUT2D eigenvalue weighted by molar-refractivity contribution is 7.93. The maximum absolute atomic E-state index is 13.7. The average Bonchev–Trinajstić information content (AvgIpc) is 3.72. The van der Waals surface area contributed by atoms with Gasteiger partial charge in [0, 0.05) is 36.9 Å². The summed E-state index contributed by atoms with van der Waals surface area (Å²) in [4.78, 5) is 52.7. The van der Waals surface area contributed by atoms with Gasteiger partial charge >= 0.3 is 0 Å². The fourth-order valence-electron chi connectivity index (χ4n) is 4.73. The zero-order chi connectivity index (χ0) is 37.8. The van der Waals surface area contributed by atoms with Gasteiger partial charge in [0.05, 0.1) is 16.1 Å². The number of nitrogens with one attached hydrogen (secondary N) is 5. The van der Waals surface area contributed by atoms with E-state index in [-0.39, 0.29) is 33.1 Å². The van der Waals surface area contributed by atoms with Gasteiger partial charge in [-0.3, -0.25) is 19.8 Å². The summed E-state index contributed by atoms with van der Waals surface area (Å²) in [6.07, 6.45) is 2.84. The van der Waals surface area contributed by atoms with Crippen molar-refractivity contribution in [1.29, 1.82) is 0 Å². The molecule has 20 heteroatoms. The number of hydrazine groups is 1. The second-order valence-electron chi connectivity index (χ2n) is 11.0. The summed E-state index contributed by atoms with van der Waals surface area (Å²) in [7, 11) is -8.82. The number of aliphatic imine (C=N–C) groups is 1. The number of hydrogen-bond acceptors (Lipinski definition) is 13. The molecule has 53 heavy (non-hydrogen) atoms. The molecule has 3 heterocycles. The molecular formula is C33H28N10O8S2. The lowest BCUT2D eigenvalue weighted by Crippen LogP contribution is -2.38. The first-order chi connectivity index (χ1) is 25.3. The number of furan rings is 1. The Morgan fingerprint density at radius 3 is 1.66 bits per heavy atom. The number of amidine groups is 1. The Hall–Kier alpha value is -6.93. The first-order valence-electron chi connectivity index (χ1n) is 15.3. The van der Waals surface area contributed by atoms with Crippen LogP contribution in [0.25, 0.3) is 6.08 Å². The lowest BCUT2D eigenvalue weighted by molar-refractivity contribution is -0.121. The van der Waals surface area contributed by atoms with Crippen LogP contribution in [0.2, 0.25) is 0 Å². The third-order valence-electron chi connectivity index (χ3n) is 6.98. The Labute approximate surface area is 302 Å². The number of carbonyl (C=O) groups is 3. The highest BCUT2D eigenvalue weighted by atomic mass is 32.2. The molecule has 1 aliphatic rings. The Morgan fingerprint density at radius 2 is 1.19 bits per heavy atom. The number of aromatic nitrogens is 3. The molecule has 0 saturated heterocycles. The molecule has 0 atom stereocenters. The van der Waals surface area contributed by atoms with E-state index in [1.807, 2.05) is 0 Å². The molecule has 5 aromatic rings. The Kier molecular flexibility index (Phi) is 9.98. The van der Waals surface area contributed by atoms with Crippen LogP contribution in [0, 0.1) is 0 Å². The van der Waals surface area contributed by atoms with Gasteiger partial charge in [-0.1, -0.05) is 30.3 Å². The fourth-order valence-corrected chi connectivity index (χ4v) is 6.61. The summed E-state index contributed by atoms with van der Waals surface area (Å²) in [5.41, 5.74) is 3.85. The van der Waals surface area contributed by atoms with Crippen molar-refractivity contribution in [3.63, 3.8) is 0 Å². The number of sulfonamides is 2. The van der Waals surface area contributed by atoms with Crippen molar-refractivity contribution in [2.24, 2.45) is 4.99 Å². The minimum Gasteiger partial charge on any atom is -0.465 e. The molecule has 6 rings (SSSR count). The van der Waals surface area contributed by atoms with Gasteiger partial charge in [0.1, 0.15) is 11.5 Å². The van der Waals surface area contributed by atoms with E-state index in [9.17, 15) is 31.2 Å². The summed E-state index contributed by atoms with van der Waals surface area (Å²) < 4.78 is 63.4. The second-order valence-corrected chi connectivity index (χ2v) is 14.4. The molecule has 0 spiro atoms. The first kappa shape index (κ1) is 35.9. The van der Waals surface area contributed by atoms with Crippen molar-refractivity contribution in [2.45, 2.75) is 23.6 Å². The van der Waals surface area contributed by atoms with Gasteiger partial charge in [-0.15, -0.1) is 0 Å². The van der Waals surface area contributed by atoms with E-state index in [1.54, 1.807) is 42.5 Å². The number of benzene rings is 3. The van der Waals surface area contributed by atoms with Crippen LogP contribution in [-0.4, -0.2) is 60.4 Å². The largest absolute Gasteiger partial charge is 0.465 e. The highest BCUT2D eigenvalue weighted by Crippen LogP contribution is 2.25. The molecule has 0 aliphatic carbocycles. The van der Waals surface area contributed by atoms with E-state index in [1.165, 1.54) is 74.7 Å². The van der Waals surface area contributed by atoms with Gasteiger partial charge in [0.25, 0.3) is 26.0 Å². The smallest absolute Gasteiger partial charge is 0.297 e. The van der Waals surface area contributed by atoms with Gasteiger partial charge in [0.15, 0.2) is 5.84 Å². The molecule has 0 saturated carbocycles. The van der Waals surface area contributed by atoms with E-state index in [4.69, 9.17) is 4.42 Å². The van der Waals surface area contributed by atoms with Crippen molar-refractivity contribution in [3.8, 4) is 0 Å². The molecule has 0 radical (unpaired) electrons. The van der Waals surface area contributed by atoms with Crippen molar-refractivity contribution in [1.82, 2.24) is 20.0 Å².